The van der Waals surface area contributed by atoms with Crippen LogP contribution in [0.3, 0.4) is 0 Å². The molecule has 0 aromatic heterocycles. The van der Waals surface area contributed by atoms with E-state index in [1.54, 1.807) is 11.8 Å². The highest BCUT2D eigenvalue weighted by molar-refractivity contribution is 7.92. The van der Waals surface area contributed by atoms with E-state index >= 15 is 0 Å². The fourth-order valence-corrected chi connectivity index (χ4v) is 4.52. The summed E-state index contributed by atoms with van der Waals surface area (Å²) in [6.07, 6.45) is 1.98. The molecule has 9 heteroatoms. The zero-order valence-corrected chi connectivity index (χ0v) is 18.2. The van der Waals surface area contributed by atoms with Crippen LogP contribution in [-0.4, -0.2) is 44.9 Å². The zero-order chi connectivity index (χ0) is 22.6. The summed E-state index contributed by atoms with van der Waals surface area (Å²) in [6, 6.07) is 8.91. The number of nitrogens with zero attached hydrogens (tertiary/aromatic N) is 1. The van der Waals surface area contributed by atoms with Crippen molar-refractivity contribution >= 4 is 27.6 Å². The van der Waals surface area contributed by atoms with Crippen LogP contribution in [-0.2, 0) is 19.6 Å². The number of hydrogen-bond donors (Lipinski definition) is 1. The Hall–Kier alpha value is -2.94. The van der Waals surface area contributed by atoms with E-state index in [0.717, 1.165) is 25.0 Å². The van der Waals surface area contributed by atoms with Crippen LogP contribution in [0.1, 0.15) is 35.7 Å². The normalized spacial score (nSPS) is 16.6. The van der Waals surface area contributed by atoms with Gasteiger partial charge in [-0.05, 0) is 67.6 Å². The van der Waals surface area contributed by atoms with Crippen LogP contribution in [0.15, 0.2) is 47.4 Å². The first-order chi connectivity index (χ1) is 14.7. The number of benzene rings is 2. The molecule has 2 aromatic rings. The maximum atomic E-state index is 13.0. The minimum absolute atomic E-state index is 0.0572. The summed E-state index contributed by atoms with van der Waals surface area (Å²) in [5.41, 5.74) is 0.763. The first-order valence-corrected chi connectivity index (χ1v) is 11.5. The molecule has 166 valence electrons. The second kappa shape index (κ2) is 9.47. The minimum Gasteiger partial charge on any atom is -0.452 e. The molecule has 0 aliphatic carbocycles. The molecule has 7 nitrogen and oxygen atoms in total. The molecule has 0 spiro atoms. The fourth-order valence-electron chi connectivity index (χ4n) is 3.43. The van der Waals surface area contributed by atoms with Gasteiger partial charge in [0.05, 0.1) is 10.5 Å². The number of aryl methyl sites for hydroxylation is 1. The van der Waals surface area contributed by atoms with Crippen LogP contribution >= 0.6 is 0 Å². The lowest BCUT2D eigenvalue weighted by molar-refractivity contribution is -0.136. The SMILES string of the molecule is Cc1ccc(S(=O)(=O)Nc2ccc(F)cc2)cc1C(=O)OCC(=O)N1CCC[C@@H](C)C1. The van der Waals surface area contributed by atoms with Crippen molar-refractivity contribution in [3.05, 3.63) is 59.4 Å². The molecule has 1 amide bonds. The Morgan fingerprint density at radius 2 is 1.90 bits per heavy atom. The number of sulfonamides is 1. The van der Waals surface area contributed by atoms with E-state index in [1.807, 2.05) is 0 Å². The lowest BCUT2D eigenvalue weighted by Crippen LogP contribution is -2.41. The number of rotatable bonds is 6. The van der Waals surface area contributed by atoms with Gasteiger partial charge in [0.25, 0.3) is 15.9 Å². The number of hydrogen-bond acceptors (Lipinski definition) is 5. The maximum absolute atomic E-state index is 13.0. The van der Waals surface area contributed by atoms with Crippen LogP contribution in [0.4, 0.5) is 10.1 Å². The van der Waals surface area contributed by atoms with Gasteiger partial charge in [-0.2, -0.15) is 0 Å². The number of nitrogens with one attached hydrogen (secondary N) is 1. The summed E-state index contributed by atoms with van der Waals surface area (Å²) < 4.78 is 45.9. The van der Waals surface area contributed by atoms with Crippen LogP contribution in [0.25, 0.3) is 0 Å². The predicted octanol–water partition coefficient (Wildman–Crippen LogP) is 3.35. The third kappa shape index (κ3) is 5.81. The van der Waals surface area contributed by atoms with Crippen molar-refractivity contribution in [1.82, 2.24) is 4.90 Å². The highest BCUT2D eigenvalue weighted by atomic mass is 32.2. The second-order valence-corrected chi connectivity index (χ2v) is 9.43. The number of esters is 1. The molecule has 1 heterocycles. The van der Waals surface area contributed by atoms with Gasteiger partial charge in [0, 0.05) is 18.8 Å². The second-order valence-electron chi connectivity index (χ2n) is 7.75. The van der Waals surface area contributed by atoms with Gasteiger partial charge < -0.3 is 9.64 Å². The van der Waals surface area contributed by atoms with Crippen molar-refractivity contribution < 1.29 is 27.1 Å². The van der Waals surface area contributed by atoms with Gasteiger partial charge in [-0.3, -0.25) is 9.52 Å². The smallest absolute Gasteiger partial charge is 0.338 e. The van der Waals surface area contributed by atoms with Crippen LogP contribution in [0.5, 0.6) is 0 Å². The summed E-state index contributed by atoms with van der Waals surface area (Å²) in [5, 5.41) is 0. The Balaban J connectivity index is 1.70. The fraction of sp³-hybridized carbons (Fsp3) is 0.364. The molecule has 1 aliphatic heterocycles. The summed E-state index contributed by atoms with van der Waals surface area (Å²) in [6.45, 7) is 4.60. The van der Waals surface area contributed by atoms with Crippen LogP contribution in [0, 0.1) is 18.7 Å². The van der Waals surface area contributed by atoms with Gasteiger partial charge in [-0.25, -0.2) is 17.6 Å². The lowest BCUT2D eigenvalue weighted by atomic mass is 10.0. The Kier molecular flexibility index (Phi) is 6.94. The quantitative estimate of drug-likeness (QED) is 0.684. The molecule has 1 atom stereocenters. The molecular weight excluding hydrogens is 423 g/mol. The van der Waals surface area contributed by atoms with E-state index in [2.05, 4.69) is 11.6 Å². The van der Waals surface area contributed by atoms with E-state index < -0.39 is 28.4 Å². The van der Waals surface area contributed by atoms with E-state index in [4.69, 9.17) is 4.74 Å². The van der Waals surface area contributed by atoms with Crippen molar-refractivity contribution in [3.8, 4) is 0 Å². The van der Waals surface area contributed by atoms with E-state index in [9.17, 15) is 22.4 Å². The molecular formula is C22H25FN2O5S. The monoisotopic (exact) mass is 448 g/mol. The molecule has 0 radical (unpaired) electrons. The predicted molar refractivity (Wildman–Crippen MR) is 114 cm³/mol. The molecule has 0 saturated carbocycles. The van der Waals surface area contributed by atoms with Crippen molar-refractivity contribution in [3.63, 3.8) is 0 Å². The Morgan fingerprint density at radius 3 is 2.58 bits per heavy atom. The van der Waals surface area contributed by atoms with Crippen molar-refractivity contribution in [2.45, 2.75) is 31.6 Å². The molecule has 3 rings (SSSR count). The summed E-state index contributed by atoms with van der Waals surface area (Å²) in [4.78, 5) is 26.4. The summed E-state index contributed by atoms with van der Waals surface area (Å²) in [5.74, 6) is -1.11. The highest BCUT2D eigenvalue weighted by Gasteiger charge is 2.23. The van der Waals surface area contributed by atoms with Crippen LogP contribution < -0.4 is 4.72 Å². The third-order valence-corrected chi connectivity index (χ3v) is 6.55. The average molecular weight is 449 g/mol. The van der Waals surface area contributed by atoms with Gasteiger partial charge in [0.1, 0.15) is 5.82 Å². The third-order valence-electron chi connectivity index (χ3n) is 5.17. The van der Waals surface area contributed by atoms with E-state index in [0.29, 0.717) is 24.6 Å². The van der Waals surface area contributed by atoms with Gasteiger partial charge in [0.15, 0.2) is 6.61 Å². The van der Waals surface area contributed by atoms with Crippen molar-refractivity contribution in [2.24, 2.45) is 5.92 Å². The highest BCUT2D eigenvalue weighted by Crippen LogP contribution is 2.21. The first kappa shape index (κ1) is 22.7. The largest absolute Gasteiger partial charge is 0.452 e. The zero-order valence-electron chi connectivity index (χ0n) is 17.4. The van der Waals surface area contributed by atoms with Gasteiger partial charge in [0.2, 0.25) is 0 Å². The average Bonchev–Trinajstić information content (AvgIpc) is 2.73. The molecule has 0 bridgehead atoms. The topological polar surface area (TPSA) is 92.8 Å². The number of carbonyl (C=O) groups is 2. The molecule has 2 aromatic carbocycles. The number of likely N-dealkylation sites (tertiary alicyclic amines) is 1. The molecule has 31 heavy (non-hydrogen) atoms. The Bertz CT molecular complexity index is 1070. The Labute approximate surface area is 181 Å². The molecule has 1 N–H and O–H groups in total. The molecule has 1 fully saturated rings. The number of anilines is 1. The number of halogens is 1. The Morgan fingerprint density at radius 1 is 1.19 bits per heavy atom. The number of piperidine rings is 1. The van der Waals surface area contributed by atoms with Crippen LogP contribution in [0.2, 0.25) is 0 Å². The summed E-state index contributed by atoms with van der Waals surface area (Å²) >= 11 is 0. The number of carbonyl (C=O) groups excluding carboxylic acids is 2. The van der Waals surface area contributed by atoms with Gasteiger partial charge in [-0.15, -0.1) is 0 Å². The molecule has 0 unspecified atom stereocenters. The molecule has 1 saturated heterocycles. The standard InChI is InChI=1S/C22H25FN2O5S/c1-15-4-3-11-25(13-15)21(26)14-30-22(27)20-12-19(10-5-16(20)2)31(28,29)24-18-8-6-17(23)7-9-18/h5-10,12,15,24H,3-4,11,13-14H2,1-2H3/t15-/m1/s1. The number of ether oxygens (including phenoxy) is 1. The van der Waals surface area contributed by atoms with Gasteiger partial charge >= 0.3 is 5.97 Å². The van der Waals surface area contributed by atoms with E-state index in [1.165, 1.54) is 30.3 Å². The van der Waals surface area contributed by atoms with Crippen molar-refractivity contribution in [2.75, 3.05) is 24.4 Å². The minimum atomic E-state index is -4.01. The maximum Gasteiger partial charge on any atom is 0.338 e. The van der Waals surface area contributed by atoms with Crippen molar-refractivity contribution in [1.29, 1.82) is 0 Å². The molecule has 1 aliphatic rings. The van der Waals surface area contributed by atoms with Gasteiger partial charge in [-0.1, -0.05) is 13.0 Å². The lowest BCUT2D eigenvalue weighted by Gasteiger charge is -2.30. The first-order valence-electron chi connectivity index (χ1n) is 9.99. The summed E-state index contributed by atoms with van der Waals surface area (Å²) in [7, 11) is -4.01. The number of amides is 1. The van der Waals surface area contributed by atoms with E-state index in [-0.39, 0.29) is 22.1 Å².